The summed E-state index contributed by atoms with van der Waals surface area (Å²) in [5.74, 6) is 0.455. The van der Waals surface area contributed by atoms with Crippen molar-refractivity contribution in [1.29, 1.82) is 0 Å². The lowest BCUT2D eigenvalue weighted by Gasteiger charge is -2.29. The lowest BCUT2D eigenvalue weighted by Crippen LogP contribution is -2.15. The number of allylic oxidation sites excluding steroid dienone is 1. The molecule has 0 radical (unpaired) electrons. The summed E-state index contributed by atoms with van der Waals surface area (Å²) in [4.78, 5) is 0. The molecule has 0 saturated heterocycles. The van der Waals surface area contributed by atoms with Crippen LogP contribution in [0.2, 0.25) is 5.02 Å². The Labute approximate surface area is 185 Å². The molecule has 0 N–H and O–H groups in total. The summed E-state index contributed by atoms with van der Waals surface area (Å²) in [6.45, 7) is 0. The van der Waals surface area contributed by atoms with Crippen LogP contribution in [0.15, 0.2) is 66.7 Å². The minimum Gasteiger partial charge on any atom is -0.456 e. The van der Waals surface area contributed by atoms with Crippen molar-refractivity contribution in [3.05, 3.63) is 99.8 Å². The van der Waals surface area contributed by atoms with Crippen molar-refractivity contribution in [2.24, 2.45) is 0 Å². The minimum atomic E-state index is -2.51. The Balaban J connectivity index is 1.92. The van der Waals surface area contributed by atoms with Crippen molar-refractivity contribution in [3.8, 4) is 5.75 Å². The minimum absolute atomic E-state index is 0.0101. The van der Waals surface area contributed by atoms with E-state index in [0.717, 1.165) is 16.7 Å². The highest BCUT2D eigenvalue weighted by atomic mass is 35.5. The summed E-state index contributed by atoms with van der Waals surface area (Å²) < 4.78 is 42.1. The Hall–Kier alpha value is -2.54. The van der Waals surface area contributed by atoms with Gasteiger partial charge in [0.05, 0.1) is 10.8 Å². The van der Waals surface area contributed by atoms with E-state index < -0.39 is 16.5 Å². The Morgan fingerprint density at radius 2 is 1.73 bits per heavy atom. The normalized spacial score (nSPS) is 15.6. The van der Waals surface area contributed by atoms with Crippen molar-refractivity contribution in [2.45, 2.75) is 11.7 Å². The molecule has 3 aromatic carbocycles. The summed E-state index contributed by atoms with van der Waals surface area (Å²) in [5.41, 5.74) is 3.82. The van der Waals surface area contributed by atoms with E-state index in [1.807, 2.05) is 36.4 Å². The van der Waals surface area contributed by atoms with Gasteiger partial charge in [-0.3, -0.25) is 0 Å². The van der Waals surface area contributed by atoms with Crippen LogP contribution in [0, 0.1) is 5.82 Å². The molecule has 0 amide bonds. The van der Waals surface area contributed by atoms with Gasteiger partial charge in [-0.2, -0.15) is 0 Å². The molecule has 1 aliphatic heterocycles. The third-order valence-electron chi connectivity index (χ3n) is 4.92. The van der Waals surface area contributed by atoms with Crippen molar-refractivity contribution in [2.75, 3.05) is 0 Å². The van der Waals surface area contributed by atoms with Gasteiger partial charge in [-0.25, -0.2) is 12.8 Å². The van der Waals surface area contributed by atoms with E-state index in [1.54, 1.807) is 29.6 Å². The molecule has 0 bridgehead atoms. The molecule has 0 spiro atoms. The average Bonchev–Trinajstić information content (AvgIpc) is 2.74. The first-order valence-electron chi connectivity index (χ1n) is 9.10. The predicted octanol–water partition coefficient (Wildman–Crippen LogP) is 5.63. The first-order valence-corrected chi connectivity index (χ1v) is 11.3. The molecular formula is C23H16ClFO3S2. The number of rotatable bonds is 5. The number of halogens is 2. The Morgan fingerprint density at radius 1 is 1.03 bits per heavy atom. The number of benzene rings is 3. The third-order valence-corrected chi connectivity index (χ3v) is 6.10. The lowest BCUT2D eigenvalue weighted by molar-refractivity contribution is 0.500. The zero-order valence-corrected chi connectivity index (χ0v) is 18.0. The van der Waals surface area contributed by atoms with E-state index in [1.165, 1.54) is 6.07 Å². The van der Waals surface area contributed by atoms with Crippen molar-refractivity contribution in [3.63, 3.8) is 0 Å². The molecule has 1 aliphatic rings. The first kappa shape index (κ1) is 20.7. The summed E-state index contributed by atoms with van der Waals surface area (Å²) >= 11 is 11.4. The molecule has 0 aliphatic carbocycles. The Morgan fingerprint density at radius 3 is 2.40 bits per heavy atom. The van der Waals surface area contributed by atoms with Gasteiger partial charge in [0.2, 0.25) is 0 Å². The SMILES string of the molecule is O=[SH](=O)Cc1ccc(C2=C(c3ccc(F)c(Cl)c3)C(C=S)c3ccccc3O2)cc1. The van der Waals surface area contributed by atoms with E-state index in [2.05, 4.69) is 0 Å². The largest absolute Gasteiger partial charge is 0.456 e. The van der Waals surface area contributed by atoms with Gasteiger partial charge < -0.3 is 4.74 Å². The topological polar surface area (TPSA) is 43.4 Å². The third kappa shape index (κ3) is 4.03. The van der Waals surface area contributed by atoms with Crippen LogP contribution in [0.1, 0.15) is 28.2 Å². The maximum absolute atomic E-state index is 13.8. The second kappa shape index (κ2) is 8.68. The van der Waals surface area contributed by atoms with Gasteiger partial charge in [-0.15, -0.1) is 0 Å². The molecule has 152 valence electrons. The maximum atomic E-state index is 13.8. The van der Waals surface area contributed by atoms with Gasteiger partial charge in [-0.05, 0) is 34.7 Å². The second-order valence-electron chi connectivity index (χ2n) is 6.81. The van der Waals surface area contributed by atoms with E-state index in [4.69, 9.17) is 28.6 Å². The molecule has 1 heterocycles. The van der Waals surface area contributed by atoms with Crippen molar-refractivity contribution < 1.29 is 17.5 Å². The molecule has 1 atom stereocenters. The maximum Gasteiger partial charge on any atom is 0.144 e. The van der Waals surface area contributed by atoms with Crippen LogP contribution in [0.4, 0.5) is 4.39 Å². The van der Waals surface area contributed by atoms with Crippen LogP contribution in [-0.4, -0.2) is 13.8 Å². The Bertz CT molecular complexity index is 1230. The second-order valence-corrected chi connectivity index (χ2v) is 8.47. The lowest BCUT2D eigenvalue weighted by atomic mass is 9.83. The fraction of sp³-hybridized carbons (Fsp3) is 0.0870. The molecule has 0 fully saturated rings. The zero-order valence-electron chi connectivity index (χ0n) is 15.5. The molecule has 4 rings (SSSR count). The smallest absolute Gasteiger partial charge is 0.144 e. The number of thiocarbonyl (C=S) groups is 1. The standard InChI is InChI=1S/C23H16ClFO3S2/c24-19-11-16(9-10-20(19)25)22-18(12-29)17-3-1-2-4-21(17)28-23(22)15-7-5-14(6-8-15)13-30(26)27/h1-12,18,30H,13H2. The highest BCUT2D eigenvalue weighted by molar-refractivity contribution is 7.79. The van der Waals surface area contributed by atoms with Crippen LogP contribution in [0.25, 0.3) is 11.3 Å². The molecule has 7 heteroatoms. The summed E-state index contributed by atoms with van der Waals surface area (Å²) in [7, 11) is -2.51. The fourth-order valence-electron chi connectivity index (χ4n) is 3.53. The number of thiol groups is 1. The number of fused-ring (bicyclic) bond motifs is 1. The molecule has 3 nitrogen and oxygen atoms in total. The van der Waals surface area contributed by atoms with Crippen LogP contribution < -0.4 is 4.74 Å². The average molecular weight is 459 g/mol. The molecular weight excluding hydrogens is 443 g/mol. The number of hydrogen-bond acceptors (Lipinski definition) is 4. The monoisotopic (exact) mass is 458 g/mol. The van der Waals surface area contributed by atoms with Gasteiger partial charge in [0.25, 0.3) is 0 Å². The van der Waals surface area contributed by atoms with Crippen LogP contribution in [0.5, 0.6) is 5.75 Å². The number of ether oxygens (including phenoxy) is 1. The predicted molar refractivity (Wildman–Crippen MR) is 122 cm³/mol. The van der Waals surface area contributed by atoms with Crippen LogP contribution in [0.3, 0.4) is 0 Å². The molecule has 0 saturated carbocycles. The summed E-state index contributed by atoms with van der Waals surface area (Å²) in [6, 6.07) is 19.2. The quantitative estimate of drug-likeness (QED) is 0.397. The summed E-state index contributed by atoms with van der Waals surface area (Å²) in [6.07, 6.45) is 0. The van der Waals surface area contributed by atoms with Gasteiger partial charge in [0, 0.05) is 22.6 Å². The molecule has 0 aromatic heterocycles. The molecule has 1 unspecified atom stereocenters. The highest BCUT2D eigenvalue weighted by Gasteiger charge is 2.30. The van der Waals surface area contributed by atoms with E-state index in [-0.39, 0.29) is 16.7 Å². The molecule has 30 heavy (non-hydrogen) atoms. The highest BCUT2D eigenvalue weighted by Crippen LogP contribution is 2.46. The summed E-state index contributed by atoms with van der Waals surface area (Å²) in [5, 5.41) is 1.67. The van der Waals surface area contributed by atoms with E-state index >= 15 is 0 Å². The number of para-hydroxylation sites is 1. The van der Waals surface area contributed by atoms with E-state index in [9.17, 15) is 12.8 Å². The van der Waals surface area contributed by atoms with E-state index in [0.29, 0.717) is 22.6 Å². The van der Waals surface area contributed by atoms with Gasteiger partial charge in [0.1, 0.15) is 28.0 Å². The number of hydrogen-bond donors (Lipinski definition) is 1. The van der Waals surface area contributed by atoms with Crippen LogP contribution >= 0.6 is 23.8 Å². The first-order chi connectivity index (χ1) is 14.5. The van der Waals surface area contributed by atoms with Gasteiger partial charge in [0.15, 0.2) is 0 Å². The zero-order chi connectivity index (χ0) is 21.3. The van der Waals surface area contributed by atoms with Crippen molar-refractivity contribution in [1.82, 2.24) is 0 Å². The molecule has 3 aromatic rings. The van der Waals surface area contributed by atoms with Crippen LogP contribution in [-0.2, 0) is 16.5 Å². The van der Waals surface area contributed by atoms with Gasteiger partial charge in [-0.1, -0.05) is 72.3 Å². The Kier molecular flexibility index (Phi) is 5.99. The van der Waals surface area contributed by atoms with Crippen molar-refractivity contribution >= 4 is 51.2 Å². The van der Waals surface area contributed by atoms with Gasteiger partial charge >= 0.3 is 0 Å². The fourth-order valence-corrected chi connectivity index (χ4v) is 4.50.